The highest BCUT2D eigenvalue weighted by atomic mass is 32.2. The predicted molar refractivity (Wildman–Crippen MR) is 114 cm³/mol. The molecule has 148 valence electrons. The second-order valence-electron chi connectivity index (χ2n) is 7.02. The highest BCUT2D eigenvalue weighted by Gasteiger charge is 2.22. The highest BCUT2D eigenvalue weighted by molar-refractivity contribution is 7.99. The van der Waals surface area contributed by atoms with E-state index in [1.807, 2.05) is 61.2 Å². The zero-order chi connectivity index (χ0) is 19.9. The number of hydrogen-bond donors (Lipinski definition) is 1. The minimum Gasteiger partial charge on any atom is -0.368 e. The van der Waals surface area contributed by atoms with E-state index >= 15 is 0 Å². The lowest BCUT2D eigenvalue weighted by Gasteiger charge is -2.37. The van der Waals surface area contributed by atoms with Gasteiger partial charge in [0.1, 0.15) is 0 Å². The van der Waals surface area contributed by atoms with Crippen LogP contribution >= 0.6 is 11.8 Å². The Balaban J connectivity index is 1.47. The van der Waals surface area contributed by atoms with E-state index in [2.05, 4.69) is 15.2 Å². The van der Waals surface area contributed by atoms with Crippen molar-refractivity contribution in [3.63, 3.8) is 0 Å². The molecule has 1 N–H and O–H groups in total. The summed E-state index contributed by atoms with van der Waals surface area (Å²) in [5.41, 5.74) is 1.89. The Bertz CT molecular complexity index is 788. The van der Waals surface area contributed by atoms with Gasteiger partial charge in [-0.25, -0.2) is 4.98 Å². The Hall–Kier alpha value is -2.54. The molecule has 0 bridgehead atoms. The third kappa shape index (κ3) is 5.48. The molecular weight excluding hydrogens is 372 g/mol. The number of pyridine rings is 1. The zero-order valence-electron chi connectivity index (χ0n) is 16.3. The number of rotatable bonds is 6. The Morgan fingerprint density at radius 1 is 1.07 bits per heavy atom. The average Bonchev–Trinajstić information content (AvgIpc) is 2.73. The lowest BCUT2D eigenvalue weighted by atomic mass is 10.1. The fraction of sp³-hybridized carbons (Fsp3) is 0.381. The van der Waals surface area contributed by atoms with Crippen LogP contribution in [0.25, 0.3) is 0 Å². The molecule has 0 atom stereocenters. The second kappa shape index (κ2) is 9.59. The van der Waals surface area contributed by atoms with Crippen LogP contribution < -0.4 is 10.2 Å². The first-order valence-electron chi connectivity index (χ1n) is 9.50. The predicted octanol–water partition coefficient (Wildman–Crippen LogP) is 3.12. The van der Waals surface area contributed by atoms with Crippen molar-refractivity contribution in [2.45, 2.75) is 18.9 Å². The first-order valence-corrected chi connectivity index (χ1v) is 10.5. The Kier molecular flexibility index (Phi) is 6.92. The van der Waals surface area contributed by atoms with Crippen molar-refractivity contribution in [1.82, 2.24) is 9.88 Å². The van der Waals surface area contributed by atoms with Crippen LogP contribution in [0.5, 0.6) is 0 Å². The lowest BCUT2D eigenvalue weighted by molar-refractivity contribution is -0.134. The van der Waals surface area contributed by atoms with Gasteiger partial charge in [-0.3, -0.25) is 9.59 Å². The van der Waals surface area contributed by atoms with Crippen LogP contribution in [0.1, 0.15) is 13.8 Å². The van der Waals surface area contributed by atoms with Crippen molar-refractivity contribution in [3.05, 3.63) is 48.7 Å². The minimum absolute atomic E-state index is 0.0466. The molecule has 28 heavy (non-hydrogen) atoms. The van der Waals surface area contributed by atoms with Crippen LogP contribution in [0.4, 0.5) is 11.4 Å². The van der Waals surface area contributed by atoms with E-state index < -0.39 is 0 Å². The van der Waals surface area contributed by atoms with E-state index in [1.165, 1.54) is 11.8 Å². The third-order valence-electron chi connectivity index (χ3n) is 4.59. The molecule has 1 aromatic carbocycles. The molecule has 0 saturated carbocycles. The summed E-state index contributed by atoms with van der Waals surface area (Å²) >= 11 is 1.41. The van der Waals surface area contributed by atoms with Crippen LogP contribution in [0.2, 0.25) is 0 Å². The molecule has 0 aliphatic carbocycles. The molecule has 2 amide bonds. The van der Waals surface area contributed by atoms with Gasteiger partial charge in [0.05, 0.1) is 10.8 Å². The fourth-order valence-corrected chi connectivity index (χ4v) is 3.74. The third-order valence-corrected chi connectivity index (χ3v) is 5.53. The number of anilines is 2. The molecule has 1 aliphatic heterocycles. The van der Waals surface area contributed by atoms with Crippen LogP contribution in [-0.4, -0.2) is 53.6 Å². The van der Waals surface area contributed by atoms with Crippen molar-refractivity contribution in [3.8, 4) is 0 Å². The van der Waals surface area contributed by atoms with Gasteiger partial charge < -0.3 is 15.1 Å². The maximum Gasteiger partial charge on any atom is 0.234 e. The molecule has 0 unspecified atom stereocenters. The normalized spacial score (nSPS) is 14.2. The SMILES string of the molecule is CC(C)C(=O)N1CCN(c2ccc(NC(=O)CSc3ccccn3)cc2)CC1. The molecule has 7 heteroatoms. The molecule has 1 fully saturated rings. The van der Waals surface area contributed by atoms with Gasteiger partial charge in [-0.2, -0.15) is 0 Å². The van der Waals surface area contributed by atoms with Gasteiger partial charge in [0.2, 0.25) is 11.8 Å². The number of nitrogens with one attached hydrogen (secondary N) is 1. The fourth-order valence-electron chi connectivity index (χ4n) is 3.07. The molecule has 2 aromatic rings. The number of thioether (sulfide) groups is 1. The van der Waals surface area contributed by atoms with Crippen molar-refractivity contribution in [1.29, 1.82) is 0 Å². The first kappa shape index (κ1) is 20.2. The van der Waals surface area contributed by atoms with Gasteiger partial charge in [0.25, 0.3) is 0 Å². The van der Waals surface area contributed by atoms with Crippen LogP contribution in [0.3, 0.4) is 0 Å². The number of piperazine rings is 1. The number of carbonyl (C=O) groups is 2. The second-order valence-corrected chi connectivity index (χ2v) is 8.01. The monoisotopic (exact) mass is 398 g/mol. The Morgan fingerprint density at radius 2 is 1.79 bits per heavy atom. The van der Waals surface area contributed by atoms with Crippen LogP contribution in [0, 0.1) is 5.92 Å². The number of hydrogen-bond acceptors (Lipinski definition) is 5. The Morgan fingerprint density at radius 3 is 2.39 bits per heavy atom. The van der Waals surface area contributed by atoms with E-state index in [9.17, 15) is 9.59 Å². The smallest absolute Gasteiger partial charge is 0.234 e. The summed E-state index contributed by atoms with van der Waals surface area (Å²) in [5.74, 6) is 0.542. The summed E-state index contributed by atoms with van der Waals surface area (Å²) in [4.78, 5) is 32.6. The van der Waals surface area contributed by atoms with Gasteiger partial charge >= 0.3 is 0 Å². The number of aromatic nitrogens is 1. The van der Waals surface area contributed by atoms with E-state index in [4.69, 9.17) is 0 Å². The minimum atomic E-state index is -0.0517. The highest BCUT2D eigenvalue weighted by Crippen LogP contribution is 2.21. The zero-order valence-corrected chi connectivity index (χ0v) is 17.1. The first-order chi connectivity index (χ1) is 13.5. The molecule has 1 saturated heterocycles. The summed E-state index contributed by atoms with van der Waals surface area (Å²) in [5, 5.41) is 3.75. The van der Waals surface area contributed by atoms with Crippen molar-refractivity contribution in [2.24, 2.45) is 5.92 Å². The molecule has 1 aliphatic rings. The lowest BCUT2D eigenvalue weighted by Crippen LogP contribution is -2.49. The number of nitrogens with zero attached hydrogens (tertiary/aromatic N) is 3. The number of benzene rings is 1. The maximum atomic E-state index is 12.1. The van der Waals surface area contributed by atoms with Crippen molar-refractivity contribution < 1.29 is 9.59 Å². The van der Waals surface area contributed by atoms with E-state index in [0.717, 1.165) is 42.6 Å². The van der Waals surface area contributed by atoms with Gasteiger partial charge in [-0.15, -0.1) is 0 Å². The quantitative estimate of drug-likeness (QED) is 0.758. The van der Waals surface area contributed by atoms with Gasteiger partial charge in [-0.05, 0) is 36.4 Å². The van der Waals surface area contributed by atoms with Gasteiger partial charge in [-0.1, -0.05) is 31.7 Å². The van der Waals surface area contributed by atoms with E-state index in [0.29, 0.717) is 5.75 Å². The molecule has 0 spiro atoms. The number of amides is 2. The number of carbonyl (C=O) groups excluding carboxylic acids is 2. The maximum absolute atomic E-state index is 12.1. The standard InChI is InChI=1S/C21H26N4O2S/c1-16(2)21(27)25-13-11-24(12-14-25)18-8-6-17(7-9-18)23-19(26)15-28-20-5-3-4-10-22-20/h3-10,16H,11-15H2,1-2H3,(H,23,26). The van der Waals surface area contributed by atoms with E-state index in [1.54, 1.807) is 6.20 Å². The van der Waals surface area contributed by atoms with E-state index in [-0.39, 0.29) is 17.7 Å². The summed E-state index contributed by atoms with van der Waals surface area (Å²) in [6.07, 6.45) is 1.72. The summed E-state index contributed by atoms with van der Waals surface area (Å²) in [6, 6.07) is 13.5. The van der Waals surface area contributed by atoms with Crippen LogP contribution in [-0.2, 0) is 9.59 Å². The molecule has 2 heterocycles. The summed E-state index contributed by atoms with van der Waals surface area (Å²) in [6.45, 7) is 7.03. The van der Waals surface area contributed by atoms with Gasteiger partial charge in [0, 0.05) is 49.7 Å². The van der Waals surface area contributed by atoms with Gasteiger partial charge in [0.15, 0.2) is 0 Å². The Labute approximate surface area is 170 Å². The summed E-state index contributed by atoms with van der Waals surface area (Å²) in [7, 11) is 0. The van der Waals surface area contributed by atoms with Crippen molar-refractivity contribution >= 4 is 35.0 Å². The molecule has 3 rings (SSSR count). The molecule has 6 nitrogen and oxygen atoms in total. The molecule has 0 radical (unpaired) electrons. The molecular formula is C21H26N4O2S. The summed E-state index contributed by atoms with van der Waals surface area (Å²) < 4.78 is 0. The topological polar surface area (TPSA) is 65.5 Å². The average molecular weight is 399 g/mol. The molecule has 1 aromatic heterocycles. The van der Waals surface area contributed by atoms with Crippen molar-refractivity contribution in [2.75, 3.05) is 42.1 Å². The largest absolute Gasteiger partial charge is 0.368 e. The van der Waals surface area contributed by atoms with Crippen LogP contribution in [0.15, 0.2) is 53.7 Å².